The molecule has 108 valence electrons. The minimum atomic E-state index is -0.263. The Morgan fingerprint density at radius 1 is 1.24 bits per heavy atom. The van der Waals surface area contributed by atoms with Gasteiger partial charge in [-0.2, -0.15) is 0 Å². The van der Waals surface area contributed by atoms with E-state index in [-0.39, 0.29) is 17.8 Å². The summed E-state index contributed by atoms with van der Waals surface area (Å²) in [4.78, 5) is 15.3. The second kappa shape index (κ2) is 5.71. The van der Waals surface area contributed by atoms with Crippen molar-refractivity contribution in [2.24, 2.45) is 5.73 Å². The predicted octanol–water partition coefficient (Wildman–Crippen LogP) is 3.07. The molecule has 1 atom stereocenters. The maximum absolute atomic E-state index is 12.4. The number of fused-ring (bicyclic) bond motifs is 1. The van der Waals surface area contributed by atoms with E-state index in [1.54, 1.807) is 0 Å². The summed E-state index contributed by atoms with van der Waals surface area (Å²) in [7, 11) is 0. The highest BCUT2D eigenvalue weighted by Gasteiger charge is 2.29. The lowest BCUT2D eigenvalue weighted by Crippen LogP contribution is -2.39. The number of anilines is 2. The van der Waals surface area contributed by atoms with E-state index in [0.29, 0.717) is 11.3 Å². The van der Waals surface area contributed by atoms with E-state index in [9.17, 15) is 4.79 Å². The Bertz CT molecular complexity index is 690. The Morgan fingerprint density at radius 3 is 2.67 bits per heavy atom. The third-order valence-electron chi connectivity index (χ3n) is 3.33. The summed E-state index contributed by atoms with van der Waals surface area (Å²) in [6, 6.07) is 13.0. The van der Waals surface area contributed by atoms with Gasteiger partial charge in [0.2, 0.25) is 0 Å². The van der Waals surface area contributed by atoms with Crippen LogP contribution >= 0.6 is 27.7 Å². The van der Waals surface area contributed by atoms with Crippen LogP contribution in [0.3, 0.4) is 0 Å². The number of carbonyl (C=O) groups is 1. The van der Waals surface area contributed by atoms with Gasteiger partial charge in [0.25, 0.3) is 0 Å². The Labute approximate surface area is 135 Å². The highest BCUT2D eigenvalue weighted by Crippen LogP contribution is 2.42. The predicted molar refractivity (Wildman–Crippen MR) is 90.5 cm³/mol. The molecule has 4 nitrogen and oxygen atoms in total. The Hall–Kier alpha value is -1.50. The van der Waals surface area contributed by atoms with Gasteiger partial charge in [-0.1, -0.05) is 39.8 Å². The zero-order chi connectivity index (χ0) is 15.0. The van der Waals surface area contributed by atoms with Gasteiger partial charge in [-0.15, -0.1) is 0 Å². The molecule has 2 aromatic carbocycles. The second-order valence-corrected chi connectivity index (χ2v) is 6.87. The van der Waals surface area contributed by atoms with Crippen LogP contribution in [-0.2, 0) is 0 Å². The fourth-order valence-electron chi connectivity index (χ4n) is 2.25. The van der Waals surface area contributed by atoms with Crippen molar-refractivity contribution in [2.75, 3.05) is 17.2 Å². The van der Waals surface area contributed by atoms with Gasteiger partial charge in [0.05, 0.1) is 12.2 Å². The lowest BCUT2D eigenvalue weighted by Gasteiger charge is -2.22. The van der Waals surface area contributed by atoms with Gasteiger partial charge in [0, 0.05) is 20.6 Å². The first-order valence-corrected chi connectivity index (χ1v) is 8.09. The quantitative estimate of drug-likeness (QED) is 0.647. The molecule has 0 aromatic heterocycles. The molecule has 1 aliphatic rings. The summed E-state index contributed by atoms with van der Waals surface area (Å²) >= 11 is 4.88. The molecule has 0 spiro atoms. The van der Waals surface area contributed by atoms with Crippen molar-refractivity contribution in [2.45, 2.75) is 10.4 Å². The van der Waals surface area contributed by atoms with E-state index in [1.807, 2.05) is 47.4 Å². The number of thioether (sulfide) groups is 1. The van der Waals surface area contributed by atoms with Crippen molar-refractivity contribution >= 4 is 44.8 Å². The van der Waals surface area contributed by atoms with E-state index in [2.05, 4.69) is 15.9 Å². The first-order valence-electron chi connectivity index (χ1n) is 6.42. The first-order chi connectivity index (χ1) is 10.0. The van der Waals surface area contributed by atoms with Crippen LogP contribution in [0.1, 0.15) is 10.4 Å². The van der Waals surface area contributed by atoms with E-state index in [4.69, 9.17) is 11.5 Å². The molecule has 0 amide bonds. The van der Waals surface area contributed by atoms with Gasteiger partial charge in [-0.3, -0.25) is 4.79 Å². The minimum Gasteiger partial charge on any atom is -0.399 e. The van der Waals surface area contributed by atoms with Crippen LogP contribution in [0.2, 0.25) is 0 Å². The zero-order valence-corrected chi connectivity index (χ0v) is 13.5. The van der Waals surface area contributed by atoms with Crippen molar-refractivity contribution in [3.63, 3.8) is 0 Å². The molecular weight excluding hydrogens is 350 g/mol. The molecule has 0 bridgehead atoms. The Kier molecular flexibility index (Phi) is 3.93. The first kappa shape index (κ1) is 14.4. The molecule has 1 aliphatic heterocycles. The zero-order valence-electron chi connectivity index (χ0n) is 11.1. The number of Topliss-reactive ketones (excluding diaryl/α,β-unsaturated/α-hetero) is 1. The van der Waals surface area contributed by atoms with Crippen molar-refractivity contribution in [1.29, 1.82) is 0 Å². The van der Waals surface area contributed by atoms with Gasteiger partial charge in [-0.05, 0) is 30.3 Å². The summed E-state index contributed by atoms with van der Waals surface area (Å²) in [5.41, 5.74) is 14.0. The van der Waals surface area contributed by atoms with Crippen LogP contribution < -0.4 is 16.4 Å². The van der Waals surface area contributed by atoms with Gasteiger partial charge in [-0.25, -0.2) is 0 Å². The molecule has 1 heterocycles. The molecule has 0 radical (unpaired) electrons. The fourth-order valence-corrected chi connectivity index (χ4v) is 3.60. The fraction of sp³-hybridized carbons (Fsp3) is 0.133. The van der Waals surface area contributed by atoms with Crippen LogP contribution in [-0.4, -0.2) is 17.8 Å². The number of halogens is 1. The monoisotopic (exact) mass is 363 g/mol. The number of nitrogens with zero attached hydrogens (tertiary/aromatic N) is 1. The van der Waals surface area contributed by atoms with Crippen molar-refractivity contribution in [1.82, 2.24) is 0 Å². The lowest BCUT2D eigenvalue weighted by atomic mass is 10.1. The third kappa shape index (κ3) is 2.92. The number of hydrogen-bond acceptors (Lipinski definition) is 5. The number of benzene rings is 2. The SMILES string of the molecule is Nc1ccc2c(c1)SC(N)N2CC(=O)c1ccc(Br)cc1. The summed E-state index contributed by atoms with van der Waals surface area (Å²) in [5.74, 6) is 0.0447. The van der Waals surface area contributed by atoms with Crippen LogP contribution in [0, 0.1) is 0 Å². The average Bonchev–Trinajstić information content (AvgIpc) is 2.75. The highest BCUT2D eigenvalue weighted by molar-refractivity contribution is 9.10. The second-order valence-electron chi connectivity index (χ2n) is 4.79. The smallest absolute Gasteiger partial charge is 0.182 e. The number of nitrogens with two attached hydrogens (primary N) is 2. The molecule has 0 saturated carbocycles. The largest absolute Gasteiger partial charge is 0.399 e. The van der Waals surface area contributed by atoms with Gasteiger partial charge < -0.3 is 16.4 Å². The Balaban J connectivity index is 1.82. The average molecular weight is 364 g/mol. The topological polar surface area (TPSA) is 72.3 Å². The van der Waals surface area contributed by atoms with E-state index >= 15 is 0 Å². The van der Waals surface area contributed by atoms with Crippen molar-refractivity contribution < 1.29 is 4.79 Å². The molecule has 0 saturated heterocycles. The molecular formula is C15H14BrN3OS. The van der Waals surface area contributed by atoms with Crippen molar-refractivity contribution in [3.05, 3.63) is 52.5 Å². The van der Waals surface area contributed by atoms with Gasteiger partial charge >= 0.3 is 0 Å². The van der Waals surface area contributed by atoms with E-state index < -0.39 is 0 Å². The van der Waals surface area contributed by atoms with Gasteiger partial charge in [0.15, 0.2) is 5.78 Å². The van der Waals surface area contributed by atoms with Gasteiger partial charge in [0.1, 0.15) is 5.50 Å². The minimum absolute atomic E-state index is 0.0447. The summed E-state index contributed by atoms with van der Waals surface area (Å²) < 4.78 is 0.952. The number of nitrogen functional groups attached to an aromatic ring is 1. The maximum atomic E-state index is 12.4. The van der Waals surface area contributed by atoms with Crippen molar-refractivity contribution in [3.8, 4) is 0 Å². The van der Waals surface area contributed by atoms with Crippen LogP contribution in [0.25, 0.3) is 0 Å². The Morgan fingerprint density at radius 2 is 1.95 bits per heavy atom. The summed E-state index contributed by atoms with van der Waals surface area (Å²) in [5, 5.41) is 0. The lowest BCUT2D eigenvalue weighted by molar-refractivity contribution is 0.0998. The number of carbonyl (C=O) groups excluding carboxylic acids is 1. The number of hydrogen-bond donors (Lipinski definition) is 2. The highest BCUT2D eigenvalue weighted by atomic mass is 79.9. The maximum Gasteiger partial charge on any atom is 0.182 e. The van der Waals surface area contributed by atoms with Crippen LogP contribution in [0.4, 0.5) is 11.4 Å². The molecule has 3 rings (SSSR count). The van der Waals surface area contributed by atoms with E-state index in [0.717, 1.165) is 15.1 Å². The standard InChI is InChI=1S/C15H14BrN3OS/c16-10-3-1-9(2-4-10)13(20)8-19-12-6-5-11(17)7-14(12)21-15(19)18/h1-7,15H,8,17-18H2. The summed E-state index contributed by atoms with van der Waals surface area (Å²) in [6.07, 6.45) is 0. The molecule has 1 unspecified atom stereocenters. The third-order valence-corrected chi connectivity index (χ3v) is 4.93. The number of ketones is 1. The molecule has 0 fully saturated rings. The van der Waals surface area contributed by atoms with Crippen LogP contribution in [0.15, 0.2) is 51.8 Å². The molecule has 2 aromatic rings. The molecule has 21 heavy (non-hydrogen) atoms. The van der Waals surface area contributed by atoms with Crippen LogP contribution in [0.5, 0.6) is 0 Å². The number of rotatable bonds is 3. The van der Waals surface area contributed by atoms with E-state index in [1.165, 1.54) is 11.8 Å². The molecule has 6 heteroatoms. The normalized spacial score (nSPS) is 16.9. The molecule has 0 aliphatic carbocycles. The molecule has 4 N–H and O–H groups in total. The summed E-state index contributed by atoms with van der Waals surface area (Å²) in [6.45, 7) is 0.257.